The van der Waals surface area contributed by atoms with E-state index >= 15 is 0 Å². The molecule has 0 atom stereocenters. The van der Waals surface area contributed by atoms with E-state index < -0.39 is 20.4 Å². The van der Waals surface area contributed by atoms with Crippen LogP contribution in [0.3, 0.4) is 0 Å². The number of nitrogens with one attached hydrogen (secondary N) is 1. The first-order valence-electron chi connectivity index (χ1n) is 3.75. The summed E-state index contributed by atoms with van der Waals surface area (Å²) in [6, 6.07) is 5.31. The second-order valence-corrected chi connectivity index (χ2v) is 5.86. The van der Waals surface area contributed by atoms with Gasteiger partial charge in [0.2, 0.25) is 0 Å². The molecule has 1 N–H and O–H groups in total. The molecule has 0 heterocycles. The average molecular weight is 253 g/mol. The van der Waals surface area contributed by atoms with Crippen LogP contribution >= 0.6 is 0 Å². The Hall–Kier alpha value is -0.990. The minimum absolute atomic E-state index is 0.311. The van der Waals surface area contributed by atoms with E-state index in [1.807, 2.05) is 0 Å². The monoisotopic (exact) mass is 253 g/mol. The molecule has 0 spiro atoms. The second kappa shape index (κ2) is 3.87. The molecule has 1 rings (SSSR count). The highest BCUT2D eigenvalue weighted by atomic mass is 32.3. The summed E-state index contributed by atoms with van der Waals surface area (Å²) < 4.78 is 55.8. The van der Waals surface area contributed by atoms with Crippen LogP contribution in [0.2, 0.25) is 0 Å². The molecule has 0 saturated carbocycles. The van der Waals surface area contributed by atoms with Crippen LogP contribution in [-0.2, 0) is 20.4 Å². The topological polar surface area (TPSA) is 80.3 Å². The zero-order valence-corrected chi connectivity index (χ0v) is 9.27. The van der Waals surface area contributed by atoms with Gasteiger partial charge in [0, 0.05) is 0 Å². The van der Waals surface area contributed by atoms with Crippen LogP contribution in [0.15, 0.2) is 29.2 Å². The highest BCUT2D eigenvalue weighted by molar-refractivity contribution is 8.02. The Morgan fingerprint density at radius 3 is 1.93 bits per heavy atom. The standard InChI is InChI=1S/C7H8FNO4S2/c1-6-2-4-7(5-3-6)14(10,11)9-15(8,12)13/h2-5,9H,1H3. The Balaban J connectivity index is 3.13. The highest BCUT2D eigenvalue weighted by Crippen LogP contribution is 2.10. The Morgan fingerprint density at radius 2 is 1.53 bits per heavy atom. The van der Waals surface area contributed by atoms with Gasteiger partial charge in [0.05, 0.1) is 4.90 Å². The summed E-state index contributed by atoms with van der Waals surface area (Å²) >= 11 is 0. The molecule has 0 aliphatic heterocycles. The predicted octanol–water partition coefficient (Wildman–Crippen LogP) is 0.488. The first-order chi connectivity index (χ1) is 6.71. The van der Waals surface area contributed by atoms with Gasteiger partial charge in [-0.2, -0.15) is 8.42 Å². The van der Waals surface area contributed by atoms with Crippen molar-refractivity contribution < 1.29 is 20.7 Å². The van der Waals surface area contributed by atoms with Gasteiger partial charge in [-0.1, -0.05) is 25.7 Å². The SMILES string of the molecule is Cc1ccc(S(=O)(=O)NS(=O)(=O)F)cc1. The van der Waals surface area contributed by atoms with Crippen LogP contribution in [0.5, 0.6) is 0 Å². The Morgan fingerprint density at radius 1 is 1.07 bits per heavy atom. The number of hydrogen-bond donors (Lipinski definition) is 1. The van der Waals surface area contributed by atoms with Crippen LogP contribution in [0.1, 0.15) is 5.56 Å². The molecule has 0 aliphatic carbocycles. The van der Waals surface area contributed by atoms with Gasteiger partial charge in [-0.15, -0.1) is 0 Å². The summed E-state index contributed by atoms with van der Waals surface area (Å²) in [5, 5.41) is 0. The van der Waals surface area contributed by atoms with Gasteiger partial charge >= 0.3 is 10.4 Å². The number of halogens is 1. The number of benzene rings is 1. The van der Waals surface area contributed by atoms with Crippen molar-refractivity contribution in [2.45, 2.75) is 11.8 Å². The third-order valence-electron chi connectivity index (χ3n) is 1.54. The van der Waals surface area contributed by atoms with E-state index in [0.717, 1.165) is 9.69 Å². The maximum Gasteiger partial charge on any atom is 0.385 e. The van der Waals surface area contributed by atoms with Gasteiger partial charge in [-0.25, -0.2) is 8.42 Å². The molecule has 0 amide bonds. The summed E-state index contributed by atoms with van der Waals surface area (Å²) in [6.07, 6.45) is 0. The lowest BCUT2D eigenvalue weighted by atomic mass is 10.2. The first kappa shape index (κ1) is 12.1. The van der Waals surface area contributed by atoms with Crippen molar-refractivity contribution in [3.8, 4) is 0 Å². The number of rotatable bonds is 3. The zero-order valence-electron chi connectivity index (χ0n) is 7.64. The maximum absolute atomic E-state index is 12.1. The van der Waals surface area contributed by atoms with Crippen LogP contribution < -0.4 is 4.13 Å². The van der Waals surface area contributed by atoms with Gasteiger partial charge in [0.1, 0.15) is 0 Å². The molecule has 0 bridgehead atoms. The fourth-order valence-corrected chi connectivity index (χ4v) is 2.82. The molecule has 0 unspecified atom stereocenters. The van der Waals surface area contributed by atoms with E-state index in [1.165, 1.54) is 24.3 Å². The van der Waals surface area contributed by atoms with E-state index in [4.69, 9.17) is 0 Å². The molecule has 0 saturated heterocycles. The highest BCUT2D eigenvalue weighted by Gasteiger charge is 2.21. The molecular formula is C7H8FNO4S2. The second-order valence-electron chi connectivity index (χ2n) is 2.84. The third kappa shape index (κ3) is 3.57. The molecule has 8 heteroatoms. The lowest BCUT2D eigenvalue weighted by Gasteiger charge is -2.02. The van der Waals surface area contributed by atoms with Crippen molar-refractivity contribution in [1.82, 2.24) is 4.13 Å². The summed E-state index contributed by atoms with van der Waals surface area (Å²) in [4.78, 5) is -0.311. The van der Waals surface area contributed by atoms with Gasteiger partial charge < -0.3 is 0 Å². The van der Waals surface area contributed by atoms with Crippen molar-refractivity contribution in [2.75, 3.05) is 0 Å². The van der Waals surface area contributed by atoms with Crippen LogP contribution in [0, 0.1) is 6.92 Å². The minimum atomic E-state index is -5.28. The molecule has 1 aromatic carbocycles. The summed E-state index contributed by atoms with van der Waals surface area (Å²) in [6.45, 7) is 1.73. The number of sulfonamides is 1. The third-order valence-corrected chi connectivity index (χ3v) is 4.11. The lowest BCUT2D eigenvalue weighted by molar-refractivity contribution is 0.542. The largest absolute Gasteiger partial charge is 0.385 e. The minimum Gasteiger partial charge on any atom is -0.206 e. The Bertz CT molecular complexity index is 547. The van der Waals surface area contributed by atoms with Crippen molar-refractivity contribution in [2.24, 2.45) is 0 Å². The van der Waals surface area contributed by atoms with Gasteiger partial charge in [0.15, 0.2) is 0 Å². The molecule has 0 aliphatic rings. The van der Waals surface area contributed by atoms with E-state index in [0.29, 0.717) is 0 Å². The Kier molecular flexibility index (Phi) is 3.12. The van der Waals surface area contributed by atoms with Gasteiger partial charge in [-0.3, -0.25) is 0 Å². The lowest BCUT2D eigenvalue weighted by Crippen LogP contribution is -2.27. The van der Waals surface area contributed by atoms with Crippen LogP contribution in [0.25, 0.3) is 0 Å². The van der Waals surface area contributed by atoms with Crippen molar-refractivity contribution >= 4 is 20.4 Å². The quantitative estimate of drug-likeness (QED) is 0.795. The van der Waals surface area contributed by atoms with E-state index in [2.05, 4.69) is 0 Å². The summed E-state index contributed by atoms with van der Waals surface area (Å²) in [7, 11) is -9.63. The molecule has 1 aromatic rings. The normalized spacial score (nSPS) is 12.7. The van der Waals surface area contributed by atoms with Gasteiger partial charge in [-0.05, 0) is 19.1 Å². The first-order valence-corrected chi connectivity index (χ1v) is 6.62. The predicted molar refractivity (Wildman–Crippen MR) is 51.5 cm³/mol. The van der Waals surface area contributed by atoms with Crippen LogP contribution in [0.4, 0.5) is 3.89 Å². The zero-order chi connectivity index (χ0) is 11.7. The molecule has 5 nitrogen and oxygen atoms in total. The molecule has 15 heavy (non-hydrogen) atoms. The average Bonchev–Trinajstić information content (AvgIpc) is 2.00. The Labute approximate surface area is 87.3 Å². The van der Waals surface area contributed by atoms with Crippen molar-refractivity contribution in [3.63, 3.8) is 0 Å². The fourth-order valence-electron chi connectivity index (χ4n) is 0.897. The van der Waals surface area contributed by atoms with Crippen LogP contribution in [-0.4, -0.2) is 16.8 Å². The van der Waals surface area contributed by atoms with E-state index in [-0.39, 0.29) is 4.90 Å². The molecule has 0 radical (unpaired) electrons. The van der Waals surface area contributed by atoms with E-state index in [1.54, 1.807) is 6.92 Å². The summed E-state index contributed by atoms with van der Waals surface area (Å²) in [5.41, 5.74) is 0.803. The van der Waals surface area contributed by atoms with Crippen molar-refractivity contribution in [1.29, 1.82) is 0 Å². The molecule has 84 valence electrons. The molecule has 0 aromatic heterocycles. The van der Waals surface area contributed by atoms with Gasteiger partial charge in [0.25, 0.3) is 10.0 Å². The number of aryl methyl sites for hydroxylation is 1. The number of hydrogen-bond acceptors (Lipinski definition) is 4. The van der Waals surface area contributed by atoms with E-state index in [9.17, 15) is 20.7 Å². The summed E-state index contributed by atoms with van der Waals surface area (Å²) in [5.74, 6) is 0. The molecule has 0 fully saturated rings. The molecular weight excluding hydrogens is 245 g/mol. The smallest absolute Gasteiger partial charge is 0.206 e. The maximum atomic E-state index is 12.1. The fraction of sp³-hybridized carbons (Fsp3) is 0.143. The van der Waals surface area contributed by atoms with Crippen molar-refractivity contribution in [3.05, 3.63) is 29.8 Å².